The van der Waals surface area contributed by atoms with E-state index in [4.69, 9.17) is 16.7 Å². The van der Waals surface area contributed by atoms with E-state index in [-0.39, 0.29) is 30.0 Å². The second-order valence-corrected chi connectivity index (χ2v) is 4.59. The quantitative estimate of drug-likeness (QED) is 0.734. The summed E-state index contributed by atoms with van der Waals surface area (Å²) in [5, 5.41) is 9.12. The minimum Gasteiger partial charge on any atom is -0.396 e. The summed E-state index contributed by atoms with van der Waals surface area (Å²) in [6.45, 7) is 1.41. The summed E-state index contributed by atoms with van der Waals surface area (Å²) < 4.78 is 0. The fourth-order valence-corrected chi connectivity index (χ4v) is 2.31. The molecule has 0 bridgehead atoms. The van der Waals surface area contributed by atoms with Crippen LogP contribution in [0.1, 0.15) is 12.8 Å². The Kier molecular flexibility index (Phi) is 5.25. The predicted molar refractivity (Wildman–Crippen MR) is 72.0 cm³/mol. The van der Waals surface area contributed by atoms with Crippen LogP contribution in [0.15, 0.2) is 9.59 Å². The molecule has 3 N–H and O–H groups in total. The van der Waals surface area contributed by atoms with E-state index in [2.05, 4.69) is 9.97 Å². The van der Waals surface area contributed by atoms with Gasteiger partial charge in [0.1, 0.15) is 10.8 Å². The Morgan fingerprint density at radius 1 is 1.39 bits per heavy atom. The molecule has 1 atom stereocenters. The zero-order valence-corrected chi connectivity index (χ0v) is 11.2. The maximum atomic E-state index is 11.4. The van der Waals surface area contributed by atoms with E-state index in [1.165, 1.54) is 0 Å². The van der Waals surface area contributed by atoms with Crippen LogP contribution in [0.4, 0.5) is 5.82 Å². The van der Waals surface area contributed by atoms with E-state index < -0.39 is 11.2 Å². The van der Waals surface area contributed by atoms with Gasteiger partial charge in [-0.25, -0.2) is 4.79 Å². The van der Waals surface area contributed by atoms with Crippen LogP contribution in [0.25, 0.3) is 0 Å². The average Bonchev–Trinajstić information content (AvgIpc) is 2.34. The van der Waals surface area contributed by atoms with E-state index in [0.29, 0.717) is 12.4 Å². The molecule has 6 nitrogen and oxygen atoms in total. The Hall–Kier alpha value is -0.980. The fraction of sp³-hybridized carbons (Fsp3) is 0.600. The SMILES string of the molecule is Cl.O=c1[nH]c(N2CCCC(CO)C2)c(Cl)c(=O)[nH]1. The monoisotopic (exact) mass is 295 g/mol. The van der Waals surface area contributed by atoms with Crippen LogP contribution < -0.4 is 16.1 Å². The number of aromatic nitrogens is 2. The van der Waals surface area contributed by atoms with E-state index in [1.54, 1.807) is 0 Å². The first-order valence-corrected chi connectivity index (χ1v) is 5.87. The van der Waals surface area contributed by atoms with Crippen LogP contribution in [0.5, 0.6) is 0 Å². The highest BCUT2D eigenvalue weighted by atomic mass is 35.5. The lowest BCUT2D eigenvalue weighted by molar-refractivity contribution is 0.208. The maximum Gasteiger partial charge on any atom is 0.327 e. The largest absolute Gasteiger partial charge is 0.396 e. The van der Waals surface area contributed by atoms with Crippen LogP contribution in [0.2, 0.25) is 5.02 Å². The van der Waals surface area contributed by atoms with Crippen molar-refractivity contribution in [3.63, 3.8) is 0 Å². The number of piperidine rings is 1. The van der Waals surface area contributed by atoms with Gasteiger partial charge in [0.25, 0.3) is 5.56 Å². The lowest BCUT2D eigenvalue weighted by atomic mass is 9.99. The molecular formula is C10H15Cl2N3O3. The lowest BCUT2D eigenvalue weighted by Crippen LogP contribution is -2.39. The second kappa shape index (κ2) is 6.26. The van der Waals surface area contributed by atoms with E-state index >= 15 is 0 Å². The Morgan fingerprint density at radius 2 is 2.11 bits per heavy atom. The first-order chi connectivity index (χ1) is 8.11. The van der Waals surface area contributed by atoms with Gasteiger partial charge in [-0.05, 0) is 18.8 Å². The molecule has 0 aromatic carbocycles. The van der Waals surface area contributed by atoms with Gasteiger partial charge in [0, 0.05) is 19.7 Å². The maximum absolute atomic E-state index is 11.4. The molecule has 1 aromatic heterocycles. The third-order valence-electron chi connectivity index (χ3n) is 2.96. The number of halogens is 2. The van der Waals surface area contributed by atoms with Crippen molar-refractivity contribution >= 4 is 29.8 Å². The number of nitrogens with zero attached hydrogens (tertiary/aromatic N) is 1. The normalized spacial score (nSPS) is 19.4. The van der Waals surface area contributed by atoms with Gasteiger partial charge in [0.2, 0.25) is 0 Å². The number of H-pyrrole nitrogens is 2. The standard InChI is InChI=1S/C10H14ClN3O3.ClH/c11-7-8(12-10(17)13-9(7)16)14-3-1-2-6(4-14)5-15;/h6,15H,1-5H2,(H2,12,13,16,17);1H. The highest BCUT2D eigenvalue weighted by Crippen LogP contribution is 2.24. The van der Waals surface area contributed by atoms with Crippen LogP contribution in [0, 0.1) is 5.92 Å². The van der Waals surface area contributed by atoms with E-state index in [1.807, 2.05) is 4.90 Å². The zero-order valence-electron chi connectivity index (χ0n) is 9.61. The molecule has 1 saturated heterocycles. The molecule has 2 rings (SSSR count). The Morgan fingerprint density at radius 3 is 2.78 bits per heavy atom. The van der Waals surface area contributed by atoms with Crippen molar-refractivity contribution in [3.05, 3.63) is 25.9 Å². The number of rotatable bonds is 2. The highest BCUT2D eigenvalue weighted by molar-refractivity contribution is 6.32. The Balaban J connectivity index is 0.00000162. The zero-order chi connectivity index (χ0) is 12.4. The molecule has 0 amide bonds. The molecule has 1 fully saturated rings. The fourth-order valence-electron chi connectivity index (χ4n) is 2.09. The molecule has 18 heavy (non-hydrogen) atoms. The van der Waals surface area contributed by atoms with Gasteiger partial charge < -0.3 is 10.0 Å². The Bertz CT molecular complexity index is 514. The molecule has 2 heterocycles. The smallest absolute Gasteiger partial charge is 0.327 e. The van der Waals surface area contributed by atoms with Crippen molar-refractivity contribution in [1.82, 2.24) is 9.97 Å². The lowest BCUT2D eigenvalue weighted by Gasteiger charge is -2.33. The summed E-state index contributed by atoms with van der Waals surface area (Å²) in [4.78, 5) is 29.0. The third kappa shape index (κ3) is 3.07. The minimum atomic E-state index is -0.587. The molecule has 1 aliphatic heterocycles. The predicted octanol–water partition coefficient (Wildman–Crippen LogP) is 0.347. The van der Waals surface area contributed by atoms with Gasteiger partial charge in [0.15, 0.2) is 0 Å². The number of anilines is 1. The second-order valence-electron chi connectivity index (χ2n) is 4.21. The number of hydrogen-bond donors (Lipinski definition) is 3. The van der Waals surface area contributed by atoms with E-state index in [9.17, 15) is 9.59 Å². The molecule has 0 saturated carbocycles. The van der Waals surface area contributed by atoms with Gasteiger partial charge >= 0.3 is 5.69 Å². The van der Waals surface area contributed by atoms with Gasteiger partial charge in [-0.3, -0.25) is 14.8 Å². The first-order valence-electron chi connectivity index (χ1n) is 5.49. The third-order valence-corrected chi connectivity index (χ3v) is 3.31. The van der Waals surface area contributed by atoms with Crippen molar-refractivity contribution in [3.8, 4) is 0 Å². The molecule has 8 heteroatoms. The summed E-state index contributed by atoms with van der Waals surface area (Å²) in [5.41, 5.74) is -1.16. The molecular weight excluding hydrogens is 281 g/mol. The number of hydrogen-bond acceptors (Lipinski definition) is 4. The number of aromatic amines is 2. The first kappa shape index (κ1) is 15.1. The topological polar surface area (TPSA) is 89.2 Å². The number of aliphatic hydroxyl groups excluding tert-OH is 1. The summed E-state index contributed by atoms with van der Waals surface area (Å²) in [6, 6.07) is 0. The van der Waals surface area contributed by atoms with Gasteiger partial charge in [-0.15, -0.1) is 12.4 Å². The van der Waals surface area contributed by atoms with Gasteiger partial charge in [0.05, 0.1) is 0 Å². The average molecular weight is 296 g/mol. The van der Waals surface area contributed by atoms with Gasteiger partial charge in [-0.1, -0.05) is 11.6 Å². The van der Waals surface area contributed by atoms with Crippen LogP contribution >= 0.6 is 24.0 Å². The highest BCUT2D eigenvalue weighted by Gasteiger charge is 2.22. The number of aliphatic hydroxyl groups is 1. The number of nitrogens with one attached hydrogen (secondary N) is 2. The van der Waals surface area contributed by atoms with Crippen LogP contribution in [-0.4, -0.2) is 34.8 Å². The summed E-state index contributed by atoms with van der Waals surface area (Å²) in [6.07, 6.45) is 1.84. The molecule has 1 aromatic rings. The van der Waals surface area contributed by atoms with Crippen LogP contribution in [-0.2, 0) is 0 Å². The molecule has 1 unspecified atom stereocenters. The molecule has 102 valence electrons. The molecule has 0 spiro atoms. The summed E-state index contributed by atoms with van der Waals surface area (Å²) in [5.74, 6) is 0.501. The summed E-state index contributed by atoms with van der Waals surface area (Å²) >= 11 is 5.87. The Labute approximate surface area is 114 Å². The van der Waals surface area contributed by atoms with Crippen molar-refractivity contribution in [1.29, 1.82) is 0 Å². The van der Waals surface area contributed by atoms with Crippen LogP contribution in [0.3, 0.4) is 0 Å². The minimum absolute atomic E-state index is 0. The van der Waals surface area contributed by atoms with Crippen molar-refractivity contribution in [2.45, 2.75) is 12.8 Å². The van der Waals surface area contributed by atoms with Crippen molar-refractivity contribution in [2.75, 3.05) is 24.6 Å². The van der Waals surface area contributed by atoms with E-state index in [0.717, 1.165) is 19.4 Å². The van der Waals surface area contributed by atoms with Crippen molar-refractivity contribution < 1.29 is 5.11 Å². The molecule has 0 radical (unpaired) electrons. The molecule has 0 aliphatic carbocycles. The summed E-state index contributed by atoms with van der Waals surface area (Å²) in [7, 11) is 0. The van der Waals surface area contributed by atoms with Gasteiger partial charge in [-0.2, -0.15) is 0 Å². The van der Waals surface area contributed by atoms with Crippen molar-refractivity contribution in [2.24, 2.45) is 5.92 Å². The molecule has 1 aliphatic rings.